The number of ether oxygens (including phenoxy) is 1. The third-order valence-corrected chi connectivity index (χ3v) is 2.99. The molecule has 2 rings (SSSR count). The fourth-order valence-corrected chi connectivity index (χ4v) is 1.86. The van der Waals surface area contributed by atoms with Crippen molar-refractivity contribution in [1.29, 1.82) is 0 Å². The molecule has 0 bridgehead atoms. The van der Waals surface area contributed by atoms with Crippen LogP contribution in [0.4, 0.5) is 11.9 Å². The van der Waals surface area contributed by atoms with Crippen LogP contribution in [0.1, 0.15) is 12.5 Å². The van der Waals surface area contributed by atoms with Gasteiger partial charge in [-0.25, -0.2) is 0 Å². The van der Waals surface area contributed by atoms with E-state index in [0.29, 0.717) is 18.4 Å². The summed E-state index contributed by atoms with van der Waals surface area (Å²) in [5.74, 6) is 0.991. The Bertz CT molecular complexity index is 576. The Morgan fingerprint density at radius 3 is 2.33 bits per heavy atom. The second-order valence-electron chi connectivity index (χ2n) is 4.30. The molecule has 0 unspecified atom stereocenters. The molecule has 112 valence electrons. The molecule has 7 heteroatoms. The van der Waals surface area contributed by atoms with Crippen LogP contribution in [0, 0.1) is 0 Å². The summed E-state index contributed by atoms with van der Waals surface area (Å²) in [6.45, 7) is 3.42. The van der Waals surface area contributed by atoms with E-state index in [1.807, 2.05) is 31.2 Å². The Kier molecular flexibility index (Phi) is 5.57. The van der Waals surface area contributed by atoms with Crippen LogP contribution in [0.15, 0.2) is 24.3 Å². The molecule has 1 aromatic carbocycles. The molecular weight excluding hydrogens is 290 g/mol. The summed E-state index contributed by atoms with van der Waals surface area (Å²) in [4.78, 5) is 12.5. The molecule has 2 aromatic rings. The molecule has 2 N–H and O–H groups in total. The normalized spacial score (nSPS) is 10.2. The summed E-state index contributed by atoms with van der Waals surface area (Å²) < 4.78 is 5.06. The summed E-state index contributed by atoms with van der Waals surface area (Å²) in [6.07, 6.45) is 0.849. The number of rotatable bonds is 7. The number of hydrogen-bond donors (Lipinski definition) is 2. The monoisotopic (exact) mass is 307 g/mol. The third-order valence-electron chi connectivity index (χ3n) is 2.74. The van der Waals surface area contributed by atoms with E-state index in [0.717, 1.165) is 18.0 Å². The fourth-order valence-electron chi connectivity index (χ4n) is 1.73. The molecule has 0 radical (unpaired) electrons. The van der Waals surface area contributed by atoms with E-state index in [-0.39, 0.29) is 6.01 Å². The molecule has 0 aliphatic heterocycles. The van der Waals surface area contributed by atoms with Crippen molar-refractivity contribution in [3.05, 3.63) is 34.9 Å². The molecule has 0 amide bonds. The summed E-state index contributed by atoms with van der Waals surface area (Å²) >= 11 is 5.86. The molecular formula is C14H18ClN5O. The van der Waals surface area contributed by atoms with Gasteiger partial charge in [0.1, 0.15) is 0 Å². The minimum atomic E-state index is 0.287. The smallest absolute Gasteiger partial charge is 0.322 e. The first-order valence-electron chi connectivity index (χ1n) is 6.73. The number of nitrogens with one attached hydrogen (secondary N) is 2. The van der Waals surface area contributed by atoms with E-state index in [4.69, 9.17) is 16.3 Å². The van der Waals surface area contributed by atoms with Crippen molar-refractivity contribution in [2.24, 2.45) is 0 Å². The molecule has 0 spiro atoms. The third kappa shape index (κ3) is 4.75. The van der Waals surface area contributed by atoms with Crippen LogP contribution >= 0.6 is 11.6 Å². The van der Waals surface area contributed by atoms with Crippen LogP contribution in [-0.2, 0) is 6.42 Å². The zero-order valence-corrected chi connectivity index (χ0v) is 12.8. The highest BCUT2D eigenvalue weighted by Crippen LogP contribution is 2.12. The Hall–Kier alpha value is -2.08. The number of aromatic nitrogens is 3. The van der Waals surface area contributed by atoms with Gasteiger partial charge in [0, 0.05) is 18.1 Å². The lowest BCUT2D eigenvalue weighted by atomic mass is 10.1. The van der Waals surface area contributed by atoms with Crippen molar-refractivity contribution < 1.29 is 4.74 Å². The van der Waals surface area contributed by atoms with Crippen LogP contribution in [0.3, 0.4) is 0 Å². The van der Waals surface area contributed by atoms with Crippen molar-refractivity contribution in [1.82, 2.24) is 15.0 Å². The average molecular weight is 308 g/mol. The Morgan fingerprint density at radius 2 is 1.71 bits per heavy atom. The van der Waals surface area contributed by atoms with Gasteiger partial charge in [0.2, 0.25) is 11.9 Å². The van der Waals surface area contributed by atoms with Crippen molar-refractivity contribution >= 4 is 23.5 Å². The molecule has 0 saturated heterocycles. The first kappa shape index (κ1) is 15.3. The maximum atomic E-state index is 5.86. The average Bonchev–Trinajstić information content (AvgIpc) is 2.49. The first-order chi connectivity index (χ1) is 10.2. The SMILES string of the molecule is CCNc1nc(NCCc2ccc(Cl)cc2)nc(OC)n1. The van der Waals surface area contributed by atoms with Crippen LogP contribution in [0.5, 0.6) is 6.01 Å². The van der Waals surface area contributed by atoms with Crippen molar-refractivity contribution in [3.63, 3.8) is 0 Å². The van der Waals surface area contributed by atoms with Crippen molar-refractivity contribution in [2.45, 2.75) is 13.3 Å². The van der Waals surface area contributed by atoms with Gasteiger partial charge in [-0.3, -0.25) is 0 Å². The van der Waals surface area contributed by atoms with E-state index in [2.05, 4.69) is 25.6 Å². The maximum Gasteiger partial charge on any atom is 0.322 e. The number of methoxy groups -OCH3 is 1. The van der Waals surface area contributed by atoms with Crippen LogP contribution < -0.4 is 15.4 Å². The van der Waals surface area contributed by atoms with Gasteiger partial charge in [0.05, 0.1) is 7.11 Å². The largest absolute Gasteiger partial charge is 0.467 e. The second kappa shape index (κ2) is 7.64. The molecule has 1 aromatic heterocycles. The van der Waals surface area contributed by atoms with Crippen LogP contribution in [0.25, 0.3) is 0 Å². The van der Waals surface area contributed by atoms with E-state index in [9.17, 15) is 0 Å². The fraction of sp³-hybridized carbons (Fsp3) is 0.357. The molecule has 0 aliphatic rings. The van der Waals surface area contributed by atoms with Gasteiger partial charge in [-0.1, -0.05) is 23.7 Å². The molecule has 0 aliphatic carbocycles. The molecule has 0 saturated carbocycles. The van der Waals surface area contributed by atoms with Gasteiger partial charge in [-0.05, 0) is 31.0 Å². The quantitative estimate of drug-likeness (QED) is 0.819. The minimum Gasteiger partial charge on any atom is -0.467 e. The summed E-state index contributed by atoms with van der Waals surface area (Å²) in [7, 11) is 1.53. The van der Waals surface area contributed by atoms with E-state index in [1.165, 1.54) is 12.7 Å². The minimum absolute atomic E-state index is 0.287. The van der Waals surface area contributed by atoms with Gasteiger partial charge < -0.3 is 15.4 Å². The molecule has 6 nitrogen and oxygen atoms in total. The number of benzene rings is 1. The lowest BCUT2D eigenvalue weighted by molar-refractivity contribution is 0.379. The van der Waals surface area contributed by atoms with Gasteiger partial charge in [-0.15, -0.1) is 0 Å². The zero-order valence-electron chi connectivity index (χ0n) is 12.1. The molecule has 0 atom stereocenters. The Labute approximate surface area is 128 Å². The van der Waals surface area contributed by atoms with E-state index < -0.39 is 0 Å². The zero-order chi connectivity index (χ0) is 15.1. The van der Waals surface area contributed by atoms with Gasteiger partial charge >= 0.3 is 6.01 Å². The summed E-state index contributed by atoms with van der Waals surface area (Å²) in [5, 5.41) is 6.95. The predicted octanol–water partition coefficient (Wildman–Crippen LogP) is 2.62. The summed E-state index contributed by atoms with van der Waals surface area (Å²) in [6, 6.07) is 8.05. The van der Waals surface area contributed by atoms with E-state index in [1.54, 1.807) is 0 Å². The Morgan fingerprint density at radius 1 is 1.05 bits per heavy atom. The van der Waals surface area contributed by atoms with Gasteiger partial charge in [-0.2, -0.15) is 15.0 Å². The number of halogens is 1. The molecule has 0 fully saturated rings. The van der Waals surface area contributed by atoms with Crippen molar-refractivity contribution in [3.8, 4) is 6.01 Å². The number of anilines is 2. The van der Waals surface area contributed by atoms with Gasteiger partial charge in [0.15, 0.2) is 0 Å². The topological polar surface area (TPSA) is 72.0 Å². The second-order valence-corrected chi connectivity index (χ2v) is 4.74. The van der Waals surface area contributed by atoms with E-state index >= 15 is 0 Å². The van der Waals surface area contributed by atoms with Crippen LogP contribution in [0.2, 0.25) is 5.02 Å². The molecule has 21 heavy (non-hydrogen) atoms. The lowest BCUT2D eigenvalue weighted by Crippen LogP contribution is -2.12. The number of hydrogen-bond acceptors (Lipinski definition) is 6. The Balaban J connectivity index is 1.95. The lowest BCUT2D eigenvalue weighted by Gasteiger charge is -2.08. The molecule has 1 heterocycles. The highest BCUT2D eigenvalue weighted by Gasteiger charge is 2.05. The highest BCUT2D eigenvalue weighted by molar-refractivity contribution is 6.30. The highest BCUT2D eigenvalue weighted by atomic mass is 35.5. The summed E-state index contributed by atoms with van der Waals surface area (Å²) in [5.41, 5.74) is 1.19. The maximum absolute atomic E-state index is 5.86. The van der Waals surface area contributed by atoms with Crippen LogP contribution in [-0.4, -0.2) is 35.2 Å². The van der Waals surface area contributed by atoms with Crippen molar-refractivity contribution in [2.75, 3.05) is 30.8 Å². The van der Waals surface area contributed by atoms with Gasteiger partial charge in [0.25, 0.3) is 0 Å². The standard InChI is InChI=1S/C14H18ClN5O/c1-3-16-12-18-13(20-14(19-12)21-2)17-9-8-10-4-6-11(15)7-5-10/h4-7H,3,8-9H2,1-2H3,(H2,16,17,18,19,20). The predicted molar refractivity (Wildman–Crippen MR) is 84.2 cm³/mol. The number of nitrogens with zero attached hydrogens (tertiary/aromatic N) is 3. The first-order valence-corrected chi connectivity index (χ1v) is 7.11.